The summed E-state index contributed by atoms with van der Waals surface area (Å²) in [4.78, 5) is 13.2. The van der Waals surface area contributed by atoms with Crippen molar-refractivity contribution in [2.45, 2.75) is 19.9 Å². The van der Waals surface area contributed by atoms with Crippen LogP contribution in [-0.4, -0.2) is 28.0 Å². The van der Waals surface area contributed by atoms with Crippen molar-refractivity contribution >= 4 is 39.6 Å². The van der Waals surface area contributed by atoms with Crippen LogP contribution in [0.25, 0.3) is 0 Å². The smallest absolute Gasteiger partial charge is 0.340 e. The maximum absolute atomic E-state index is 12.2. The van der Waals surface area contributed by atoms with Gasteiger partial charge in [-0.25, -0.2) is 4.79 Å². The van der Waals surface area contributed by atoms with Crippen molar-refractivity contribution in [3.63, 3.8) is 0 Å². The largest absolute Gasteiger partial charge is 0.465 e. The average molecular weight is 415 g/mol. The molecule has 3 rings (SSSR count). The maximum Gasteiger partial charge on any atom is 0.340 e. The first-order valence-electron chi connectivity index (χ1n) is 8.75. The zero-order chi connectivity index (χ0) is 20.1. The molecule has 146 valence electrons. The molecule has 0 aliphatic heterocycles. The maximum atomic E-state index is 12.2. The van der Waals surface area contributed by atoms with Crippen molar-refractivity contribution in [3.8, 4) is 0 Å². The van der Waals surface area contributed by atoms with Gasteiger partial charge in [0.05, 0.1) is 18.9 Å². The fourth-order valence-electron chi connectivity index (χ4n) is 2.72. The van der Waals surface area contributed by atoms with Crippen LogP contribution >= 0.6 is 23.6 Å². The van der Waals surface area contributed by atoms with E-state index in [-0.39, 0.29) is 5.97 Å². The lowest BCUT2D eigenvalue weighted by Crippen LogP contribution is -2.28. The van der Waals surface area contributed by atoms with E-state index in [0.717, 1.165) is 22.6 Å². The number of thiophene rings is 1. The van der Waals surface area contributed by atoms with Crippen molar-refractivity contribution in [2.75, 3.05) is 12.4 Å². The molecule has 2 heterocycles. The average Bonchev–Trinajstić information content (AvgIpc) is 3.23. The third kappa shape index (κ3) is 4.76. The quantitative estimate of drug-likeness (QED) is 0.474. The zero-order valence-corrected chi connectivity index (χ0v) is 17.6. The van der Waals surface area contributed by atoms with Crippen LogP contribution in [0, 0.1) is 6.92 Å². The zero-order valence-electron chi connectivity index (χ0n) is 16.0. The highest BCUT2D eigenvalue weighted by molar-refractivity contribution is 7.80. The van der Waals surface area contributed by atoms with Gasteiger partial charge in [0.2, 0.25) is 0 Å². The molecule has 0 spiro atoms. The molecule has 0 atom stereocenters. The molecular weight excluding hydrogens is 392 g/mol. The Morgan fingerprint density at radius 2 is 2.07 bits per heavy atom. The summed E-state index contributed by atoms with van der Waals surface area (Å²) in [5, 5.41) is 11.7. The Kier molecular flexibility index (Phi) is 6.43. The van der Waals surface area contributed by atoms with Crippen LogP contribution in [0.2, 0.25) is 0 Å². The third-order valence-electron chi connectivity index (χ3n) is 4.41. The summed E-state index contributed by atoms with van der Waals surface area (Å²) in [6, 6.07) is 12.0. The highest BCUT2D eigenvalue weighted by atomic mass is 32.1. The van der Waals surface area contributed by atoms with Gasteiger partial charge in [0.1, 0.15) is 5.00 Å². The number of carbonyl (C=O) groups is 1. The van der Waals surface area contributed by atoms with Gasteiger partial charge in [-0.15, -0.1) is 11.3 Å². The molecule has 6 nitrogen and oxygen atoms in total. The number of methoxy groups -OCH3 is 1. The van der Waals surface area contributed by atoms with Gasteiger partial charge in [-0.1, -0.05) is 30.3 Å². The first-order valence-corrected chi connectivity index (χ1v) is 9.97. The number of esters is 1. The number of hydrogen-bond donors (Lipinski definition) is 2. The van der Waals surface area contributed by atoms with E-state index in [4.69, 9.17) is 17.0 Å². The molecule has 0 aliphatic rings. The molecule has 0 bridgehead atoms. The summed E-state index contributed by atoms with van der Waals surface area (Å²) in [7, 11) is 3.28. The summed E-state index contributed by atoms with van der Waals surface area (Å²) in [5.41, 5.74) is 3.81. The number of anilines is 1. The number of rotatable bonds is 6. The minimum atomic E-state index is -0.385. The topological polar surface area (TPSA) is 68.2 Å². The van der Waals surface area contributed by atoms with Gasteiger partial charge in [-0.2, -0.15) is 5.10 Å². The number of aromatic nitrogens is 2. The number of hydrogen-bond acceptors (Lipinski definition) is 5. The van der Waals surface area contributed by atoms with E-state index >= 15 is 0 Å². The number of nitrogens with zero attached hydrogens (tertiary/aromatic N) is 2. The molecule has 2 aromatic heterocycles. The van der Waals surface area contributed by atoms with E-state index in [2.05, 4.69) is 27.9 Å². The lowest BCUT2D eigenvalue weighted by Gasteiger charge is -2.10. The number of ether oxygens (including phenoxy) is 1. The van der Waals surface area contributed by atoms with Gasteiger partial charge < -0.3 is 15.4 Å². The molecule has 0 fully saturated rings. The Labute approximate surface area is 173 Å². The van der Waals surface area contributed by atoms with E-state index < -0.39 is 0 Å². The van der Waals surface area contributed by atoms with E-state index in [1.54, 1.807) is 0 Å². The molecular formula is C20H22N4O2S2. The molecule has 0 saturated carbocycles. The van der Waals surface area contributed by atoms with E-state index in [0.29, 0.717) is 22.2 Å². The number of thiocarbonyl (C=S) groups is 1. The molecule has 8 heteroatoms. The Hall–Kier alpha value is -2.71. The van der Waals surface area contributed by atoms with E-state index in [1.807, 2.05) is 49.1 Å². The second kappa shape index (κ2) is 8.99. The summed E-state index contributed by atoms with van der Waals surface area (Å²) in [5.74, 6) is -0.385. The highest BCUT2D eigenvalue weighted by Gasteiger charge is 2.18. The number of aryl methyl sites for hydroxylation is 1. The van der Waals surface area contributed by atoms with Crippen LogP contribution < -0.4 is 10.6 Å². The molecule has 28 heavy (non-hydrogen) atoms. The van der Waals surface area contributed by atoms with Gasteiger partial charge in [-0.3, -0.25) is 4.68 Å². The molecule has 0 amide bonds. The Morgan fingerprint density at radius 3 is 2.71 bits per heavy atom. The number of benzene rings is 1. The minimum Gasteiger partial charge on any atom is -0.465 e. The van der Waals surface area contributed by atoms with Gasteiger partial charge in [0.15, 0.2) is 5.11 Å². The second-order valence-corrected chi connectivity index (χ2v) is 7.84. The first kappa shape index (κ1) is 20.0. The third-order valence-corrected chi connectivity index (χ3v) is 5.71. The van der Waals surface area contributed by atoms with Crippen LogP contribution in [0.4, 0.5) is 5.00 Å². The summed E-state index contributed by atoms with van der Waals surface area (Å²) >= 11 is 6.91. The lowest BCUT2D eigenvalue weighted by atomic mass is 10.1. The summed E-state index contributed by atoms with van der Waals surface area (Å²) in [6.07, 6.45) is 2.56. The van der Waals surface area contributed by atoms with Gasteiger partial charge >= 0.3 is 5.97 Å². The molecule has 1 aromatic carbocycles. The van der Waals surface area contributed by atoms with Crippen LogP contribution in [0.5, 0.6) is 0 Å². The van der Waals surface area contributed by atoms with Crippen molar-refractivity contribution in [1.82, 2.24) is 15.1 Å². The van der Waals surface area contributed by atoms with Gasteiger partial charge in [-0.05, 0) is 30.8 Å². The summed E-state index contributed by atoms with van der Waals surface area (Å²) in [6.45, 7) is 2.56. The van der Waals surface area contributed by atoms with Crippen LogP contribution in [0.15, 0.2) is 42.6 Å². The Bertz CT molecular complexity index is 980. The van der Waals surface area contributed by atoms with Gasteiger partial charge in [0, 0.05) is 36.1 Å². The van der Waals surface area contributed by atoms with Crippen LogP contribution in [0.3, 0.4) is 0 Å². The van der Waals surface area contributed by atoms with Crippen LogP contribution in [-0.2, 0) is 24.8 Å². The second-order valence-electron chi connectivity index (χ2n) is 6.30. The molecule has 0 aliphatic carbocycles. The standard InChI is InChI=1S/C20H22N4O2S2/c1-13-15(12-22-24(13)2)11-21-20(27)23-18-17(19(25)26-3)10-16(28-18)9-14-7-5-4-6-8-14/h4-8,10,12H,9,11H2,1-3H3,(H2,21,23,27). The van der Waals surface area contributed by atoms with Crippen molar-refractivity contribution in [2.24, 2.45) is 7.05 Å². The highest BCUT2D eigenvalue weighted by Crippen LogP contribution is 2.30. The van der Waals surface area contributed by atoms with Gasteiger partial charge in [0.25, 0.3) is 0 Å². The molecule has 0 saturated heterocycles. The molecule has 0 radical (unpaired) electrons. The SMILES string of the molecule is COC(=O)c1cc(Cc2ccccc2)sc1NC(=S)NCc1cnn(C)c1C. The monoisotopic (exact) mass is 414 g/mol. The first-order chi connectivity index (χ1) is 13.5. The van der Waals surface area contributed by atoms with E-state index in [9.17, 15) is 4.79 Å². The van der Waals surface area contributed by atoms with Crippen molar-refractivity contribution < 1.29 is 9.53 Å². The predicted octanol–water partition coefficient (Wildman–Crippen LogP) is 3.65. The van der Waals surface area contributed by atoms with Crippen molar-refractivity contribution in [3.05, 3.63) is 69.9 Å². The Balaban J connectivity index is 1.71. The fraction of sp³-hybridized carbons (Fsp3) is 0.250. The lowest BCUT2D eigenvalue weighted by molar-refractivity contribution is 0.0602. The number of carbonyl (C=O) groups excluding carboxylic acids is 1. The Morgan fingerprint density at radius 1 is 1.32 bits per heavy atom. The number of nitrogens with one attached hydrogen (secondary N) is 2. The minimum absolute atomic E-state index is 0.385. The summed E-state index contributed by atoms with van der Waals surface area (Å²) < 4.78 is 6.74. The molecule has 0 unspecified atom stereocenters. The predicted molar refractivity (Wildman–Crippen MR) is 116 cm³/mol. The van der Waals surface area contributed by atoms with Crippen molar-refractivity contribution in [1.29, 1.82) is 0 Å². The molecule has 3 aromatic rings. The normalized spacial score (nSPS) is 10.5. The van der Waals surface area contributed by atoms with Crippen LogP contribution in [0.1, 0.15) is 32.1 Å². The molecule has 2 N–H and O–H groups in total. The van der Waals surface area contributed by atoms with E-state index in [1.165, 1.54) is 24.0 Å². The fourth-order valence-corrected chi connectivity index (χ4v) is 4.04.